The number of para-hydroxylation sites is 1. The average Bonchev–Trinajstić information content (AvgIpc) is 2.78. The van der Waals surface area contributed by atoms with E-state index in [1.165, 1.54) is 0 Å². The van der Waals surface area contributed by atoms with Crippen LogP contribution in [-0.2, 0) is 9.59 Å². The Balaban J connectivity index is 1.73. The maximum Gasteiger partial charge on any atom is 0.319 e. The number of carbonyl (C=O) groups excluding carboxylic acids is 3. The third-order valence-corrected chi connectivity index (χ3v) is 5.02. The first-order valence-electron chi connectivity index (χ1n) is 10.9. The van der Waals surface area contributed by atoms with Gasteiger partial charge in [-0.15, -0.1) is 0 Å². The number of anilines is 2. The Morgan fingerprint density at radius 1 is 0.844 bits per heavy atom. The van der Waals surface area contributed by atoms with E-state index in [0.29, 0.717) is 43.7 Å². The van der Waals surface area contributed by atoms with Crippen molar-refractivity contribution in [1.29, 1.82) is 0 Å². The third-order valence-electron chi connectivity index (χ3n) is 5.02. The van der Waals surface area contributed by atoms with Gasteiger partial charge in [0, 0.05) is 17.8 Å². The van der Waals surface area contributed by atoms with Crippen LogP contribution in [0.25, 0.3) is 0 Å². The Morgan fingerprint density at radius 2 is 1.50 bits per heavy atom. The molecule has 32 heavy (non-hydrogen) atoms. The monoisotopic (exact) mass is 440 g/mol. The standard InChI is InChI=1S/C24H32N4O4/c1-17(2)18-13-15-20(16-14-18)26-24(31)27-21(23(30)28-32)11-7-4-8-12-22(29)25-19-9-5-3-6-10-19/h3,5-6,9-10,13-17,21,32H,4,7-8,11-12H2,1-2H3,(H,25,29)(H,28,30)(H2,26,27,31)/t21-/m0/s1. The molecule has 8 nitrogen and oxygen atoms in total. The summed E-state index contributed by atoms with van der Waals surface area (Å²) in [6.07, 6.45) is 2.68. The van der Waals surface area contributed by atoms with E-state index in [9.17, 15) is 14.4 Å². The lowest BCUT2D eigenvalue weighted by atomic mass is 10.0. The highest BCUT2D eigenvalue weighted by Crippen LogP contribution is 2.17. The van der Waals surface area contributed by atoms with E-state index >= 15 is 0 Å². The first kappa shape index (κ1) is 24.9. The lowest BCUT2D eigenvalue weighted by molar-refractivity contribution is -0.131. The largest absolute Gasteiger partial charge is 0.326 e. The summed E-state index contributed by atoms with van der Waals surface area (Å²) in [5.41, 5.74) is 4.12. The zero-order chi connectivity index (χ0) is 23.3. The number of nitrogens with one attached hydrogen (secondary N) is 4. The van der Waals surface area contributed by atoms with Crippen LogP contribution in [0, 0.1) is 0 Å². The number of rotatable bonds is 11. The fraction of sp³-hybridized carbons (Fsp3) is 0.375. The molecule has 0 heterocycles. The van der Waals surface area contributed by atoms with Crippen LogP contribution in [0.2, 0.25) is 0 Å². The summed E-state index contributed by atoms with van der Waals surface area (Å²) in [6, 6.07) is 15.3. The molecule has 2 aromatic carbocycles. The van der Waals surface area contributed by atoms with Crippen molar-refractivity contribution >= 4 is 29.2 Å². The van der Waals surface area contributed by atoms with Crippen LogP contribution in [0.3, 0.4) is 0 Å². The molecule has 5 N–H and O–H groups in total. The molecule has 1 atom stereocenters. The van der Waals surface area contributed by atoms with Crippen molar-refractivity contribution in [1.82, 2.24) is 10.8 Å². The van der Waals surface area contributed by atoms with Crippen molar-refractivity contribution in [2.45, 2.75) is 57.9 Å². The number of amides is 4. The SMILES string of the molecule is CC(C)c1ccc(NC(=O)N[C@@H](CCCCCC(=O)Nc2ccccc2)C(=O)NO)cc1. The van der Waals surface area contributed by atoms with Gasteiger partial charge in [-0.2, -0.15) is 0 Å². The minimum absolute atomic E-state index is 0.0677. The van der Waals surface area contributed by atoms with Gasteiger partial charge in [-0.05, 0) is 48.6 Å². The first-order chi connectivity index (χ1) is 15.4. The maximum atomic E-state index is 12.3. The van der Waals surface area contributed by atoms with Crippen molar-refractivity contribution in [2.75, 3.05) is 10.6 Å². The van der Waals surface area contributed by atoms with Crippen molar-refractivity contribution in [3.63, 3.8) is 0 Å². The van der Waals surface area contributed by atoms with Crippen molar-refractivity contribution < 1.29 is 19.6 Å². The number of urea groups is 1. The molecule has 0 aliphatic carbocycles. The van der Waals surface area contributed by atoms with Crippen LogP contribution in [0.4, 0.5) is 16.2 Å². The molecule has 4 amide bonds. The second-order valence-electron chi connectivity index (χ2n) is 7.92. The molecule has 0 unspecified atom stereocenters. The van der Waals surface area contributed by atoms with Gasteiger partial charge < -0.3 is 16.0 Å². The molecule has 8 heteroatoms. The van der Waals surface area contributed by atoms with E-state index in [-0.39, 0.29) is 5.91 Å². The Kier molecular flexibility index (Phi) is 10.2. The van der Waals surface area contributed by atoms with E-state index < -0.39 is 18.0 Å². The Hall–Kier alpha value is -3.39. The molecule has 0 aliphatic rings. The van der Waals surface area contributed by atoms with Crippen molar-refractivity contribution in [3.05, 3.63) is 60.2 Å². The highest BCUT2D eigenvalue weighted by atomic mass is 16.5. The summed E-state index contributed by atoms with van der Waals surface area (Å²) in [6.45, 7) is 4.17. The maximum absolute atomic E-state index is 12.3. The molecule has 2 aromatic rings. The van der Waals surface area contributed by atoms with Gasteiger partial charge in [0.2, 0.25) is 5.91 Å². The molecule has 2 rings (SSSR count). The number of hydrogen-bond donors (Lipinski definition) is 5. The number of benzene rings is 2. The van der Waals surface area contributed by atoms with Crippen molar-refractivity contribution in [2.24, 2.45) is 0 Å². The molecule has 0 spiro atoms. The Labute approximate surface area is 188 Å². The second kappa shape index (κ2) is 13.1. The summed E-state index contributed by atoms with van der Waals surface area (Å²) in [5.74, 6) is -0.362. The number of hydrogen-bond acceptors (Lipinski definition) is 4. The Bertz CT molecular complexity index is 869. The van der Waals surface area contributed by atoms with Crippen LogP contribution in [0.5, 0.6) is 0 Å². The van der Waals surface area contributed by atoms with Crippen molar-refractivity contribution in [3.8, 4) is 0 Å². The highest BCUT2D eigenvalue weighted by molar-refractivity contribution is 5.93. The molecular weight excluding hydrogens is 408 g/mol. The van der Waals surface area contributed by atoms with Gasteiger partial charge in [-0.25, -0.2) is 10.3 Å². The molecule has 0 aromatic heterocycles. The lowest BCUT2D eigenvalue weighted by Crippen LogP contribution is -2.47. The van der Waals surface area contributed by atoms with Gasteiger partial charge in [-0.1, -0.05) is 57.0 Å². The van der Waals surface area contributed by atoms with Crippen LogP contribution in [-0.4, -0.2) is 29.1 Å². The van der Waals surface area contributed by atoms with Crippen LogP contribution >= 0.6 is 0 Å². The quantitative estimate of drug-likeness (QED) is 0.202. The molecule has 0 fully saturated rings. The topological polar surface area (TPSA) is 120 Å². The summed E-state index contributed by atoms with van der Waals surface area (Å²) in [4.78, 5) is 36.2. The molecule has 0 saturated carbocycles. The van der Waals surface area contributed by atoms with Gasteiger partial charge in [0.25, 0.3) is 5.91 Å². The van der Waals surface area contributed by atoms with Gasteiger partial charge in [0.05, 0.1) is 0 Å². The molecule has 0 bridgehead atoms. The van der Waals surface area contributed by atoms with E-state index in [4.69, 9.17) is 5.21 Å². The zero-order valence-corrected chi connectivity index (χ0v) is 18.6. The second-order valence-corrected chi connectivity index (χ2v) is 7.92. The predicted molar refractivity (Wildman–Crippen MR) is 125 cm³/mol. The molecule has 0 saturated heterocycles. The number of hydroxylamine groups is 1. The highest BCUT2D eigenvalue weighted by Gasteiger charge is 2.20. The summed E-state index contributed by atoms with van der Waals surface area (Å²) in [7, 11) is 0. The molecule has 0 aliphatic heterocycles. The van der Waals surface area contributed by atoms with Gasteiger partial charge >= 0.3 is 6.03 Å². The minimum atomic E-state index is -0.881. The van der Waals surface area contributed by atoms with Crippen LogP contribution in [0.15, 0.2) is 54.6 Å². The zero-order valence-electron chi connectivity index (χ0n) is 18.6. The summed E-state index contributed by atoms with van der Waals surface area (Å²) >= 11 is 0. The van der Waals surface area contributed by atoms with E-state index in [1.54, 1.807) is 17.6 Å². The smallest absolute Gasteiger partial charge is 0.319 e. The number of carbonyl (C=O) groups is 3. The summed E-state index contributed by atoms with van der Waals surface area (Å²) < 4.78 is 0. The third kappa shape index (κ3) is 8.77. The van der Waals surface area contributed by atoms with Crippen LogP contribution < -0.4 is 21.4 Å². The molecule has 0 radical (unpaired) electrons. The summed E-state index contributed by atoms with van der Waals surface area (Å²) in [5, 5.41) is 17.1. The van der Waals surface area contributed by atoms with E-state index in [2.05, 4.69) is 29.8 Å². The lowest BCUT2D eigenvalue weighted by Gasteiger charge is -2.17. The fourth-order valence-corrected chi connectivity index (χ4v) is 3.18. The van der Waals surface area contributed by atoms with Gasteiger partial charge in [-0.3, -0.25) is 14.8 Å². The predicted octanol–water partition coefficient (Wildman–Crippen LogP) is 4.39. The molecular formula is C24H32N4O4. The van der Waals surface area contributed by atoms with Gasteiger partial charge in [0.1, 0.15) is 6.04 Å². The normalized spacial score (nSPS) is 11.5. The average molecular weight is 441 g/mol. The first-order valence-corrected chi connectivity index (χ1v) is 10.9. The van der Waals surface area contributed by atoms with Crippen LogP contribution in [0.1, 0.15) is 57.4 Å². The van der Waals surface area contributed by atoms with E-state index in [1.807, 2.05) is 42.5 Å². The van der Waals surface area contributed by atoms with Gasteiger partial charge in [0.15, 0.2) is 0 Å². The molecule has 172 valence electrons. The fourth-order valence-electron chi connectivity index (χ4n) is 3.18. The Morgan fingerprint density at radius 3 is 2.12 bits per heavy atom. The number of unbranched alkanes of at least 4 members (excludes halogenated alkanes) is 2. The van der Waals surface area contributed by atoms with E-state index in [0.717, 1.165) is 11.3 Å². The minimum Gasteiger partial charge on any atom is -0.326 e.